The van der Waals surface area contributed by atoms with Gasteiger partial charge in [-0.2, -0.15) is 0 Å². The standard InChI is InChI=1S/C78H152O17P2/c1-8-10-11-12-13-14-15-16-17-18-19-20-21-22-25-29-32-38-47-54-61-77(82)94-73(65-88-75(80)59-52-45-37-31-28-26-23-24-27-30-35-42-49-56-69(3)4)67-92-96(84,85)90-63-72(79)64-91-97(86,87)93-68-74(66-89-76(81)60-53-46-41-40-44-51-58-71(7)9-2)95-78(83)62-55-48-39-34-33-36-43-50-57-70(5)6/h69-74,79H,8-68H2,1-7H3,(H,84,85)(H,86,87)/t71?,72-,73-,74-/m1/s1. The van der Waals surface area contributed by atoms with Gasteiger partial charge in [-0.25, -0.2) is 9.13 Å². The van der Waals surface area contributed by atoms with E-state index in [0.29, 0.717) is 25.7 Å². The molecule has 0 bridgehead atoms. The van der Waals surface area contributed by atoms with E-state index in [-0.39, 0.29) is 25.7 Å². The molecule has 0 aliphatic rings. The fraction of sp³-hybridized carbons (Fsp3) is 0.949. The normalized spacial score (nSPS) is 14.3. The molecule has 6 atom stereocenters. The number of aliphatic hydroxyl groups excluding tert-OH is 1. The zero-order valence-electron chi connectivity index (χ0n) is 63.5. The Morgan fingerprint density at radius 3 is 0.784 bits per heavy atom. The summed E-state index contributed by atoms with van der Waals surface area (Å²) in [4.78, 5) is 72.9. The molecule has 97 heavy (non-hydrogen) atoms. The predicted octanol–water partition coefficient (Wildman–Crippen LogP) is 23.0. The summed E-state index contributed by atoms with van der Waals surface area (Å²) in [6.45, 7) is 11.8. The van der Waals surface area contributed by atoms with Crippen LogP contribution in [0.25, 0.3) is 0 Å². The molecule has 0 aliphatic carbocycles. The van der Waals surface area contributed by atoms with Crippen LogP contribution in [0.1, 0.15) is 402 Å². The van der Waals surface area contributed by atoms with Gasteiger partial charge >= 0.3 is 39.5 Å². The molecule has 17 nitrogen and oxygen atoms in total. The van der Waals surface area contributed by atoms with Gasteiger partial charge in [-0.1, -0.05) is 350 Å². The molecule has 0 rings (SSSR count). The van der Waals surface area contributed by atoms with Gasteiger partial charge in [0.1, 0.15) is 19.3 Å². The lowest BCUT2D eigenvalue weighted by atomic mass is 10.00. The van der Waals surface area contributed by atoms with E-state index in [4.69, 9.17) is 37.0 Å². The summed E-state index contributed by atoms with van der Waals surface area (Å²) in [6.07, 6.45) is 55.7. The fourth-order valence-corrected chi connectivity index (χ4v) is 13.5. The maximum Gasteiger partial charge on any atom is 0.472 e. The third-order valence-electron chi connectivity index (χ3n) is 18.5. The summed E-state index contributed by atoms with van der Waals surface area (Å²) >= 11 is 0. The minimum atomic E-state index is -4.96. The Morgan fingerprint density at radius 2 is 0.526 bits per heavy atom. The van der Waals surface area contributed by atoms with E-state index in [0.717, 1.165) is 114 Å². The number of carbonyl (C=O) groups excluding carboxylic acids is 4. The van der Waals surface area contributed by atoms with Gasteiger partial charge in [-0.3, -0.25) is 37.3 Å². The van der Waals surface area contributed by atoms with Gasteiger partial charge in [-0.05, 0) is 43.4 Å². The summed E-state index contributed by atoms with van der Waals surface area (Å²) in [5, 5.41) is 10.6. The molecule has 0 spiro atoms. The zero-order chi connectivity index (χ0) is 71.6. The number of phosphoric ester groups is 2. The molecule has 0 radical (unpaired) electrons. The molecule has 0 aromatic heterocycles. The van der Waals surface area contributed by atoms with Crippen LogP contribution in [-0.2, 0) is 65.4 Å². The van der Waals surface area contributed by atoms with Crippen molar-refractivity contribution in [3.05, 3.63) is 0 Å². The summed E-state index contributed by atoms with van der Waals surface area (Å²) in [5.74, 6) is 0.121. The number of rotatable bonds is 76. The van der Waals surface area contributed by atoms with Crippen molar-refractivity contribution >= 4 is 39.5 Å². The van der Waals surface area contributed by atoms with Crippen LogP contribution in [0.4, 0.5) is 0 Å². The van der Waals surface area contributed by atoms with E-state index in [9.17, 15) is 43.2 Å². The van der Waals surface area contributed by atoms with E-state index < -0.39 is 97.5 Å². The second-order valence-corrected chi connectivity index (χ2v) is 32.2. The Balaban J connectivity index is 5.22. The number of aliphatic hydroxyl groups is 1. The van der Waals surface area contributed by atoms with Gasteiger partial charge < -0.3 is 33.8 Å². The molecule has 3 unspecified atom stereocenters. The first-order valence-corrected chi connectivity index (χ1v) is 43.4. The Bertz CT molecular complexity index is 1890. The van der Waals surface area contributed by atoms with Crippen molar-refractivity contribution in [2.24, 2.45) is 17.8 Å². The highest BCUT2D eigenvalue weighted by atomic mass is 31.2. The van der Waals surface area contributed by atoms with Crippen LogP contribution in [0.3, 0.4) is 0 Å². The third-order valence-corrected chi connectivity index (χ3v) is 20.4. The molecule has 3 N–H and O–H groups in total. The van der Waals surface area contributed by atoms with Crippen LogP contribution >= 0.6 is 15.6 Å². The molecule has 0 saturated carbocycles. The smallest absolute Gasteiger partial charge is 0.462 e. The first kappa shape index (κ1) is 95.1. The zero-order valence-corrected chi connectivity index (χ0v) is 65.3. The summed E-state index contributed by atoms with van der Waals surface area (Å²) in [6, 6.07) is 0. The van der Waals surface area contributed by atoms with Crippen molar-refractivity contribution in [1.82, 2.24) is 0 Å². The molecule has 0 aliphatic heterocycles. The topological polar surface area (TPSA) is 237 Å². The van der Waals surface area contributed by atoms with E-state index in [1.165, 1.54) is 205 Å². The predicted molar refractivity (Wildman–Crippen MR) is 395 cm³/mol. The third kappa shape index (κ3) is 70.9. The second-order valence-electron chi connectivity index (χ2n) is 29.3. The molecule has 576 valence electrons. The molecule has 0 aromatic rings. The van der Waals surface area contributed by atoms with Gasteiger partial charge in [0.15, 0.2) is 12.2 Å². The first-order valence-electron chi connectivity index (χ1n) is 40.4. The Hall–Kier alpha value is -1.94. The van der Waals surface area contributed by atoms with Gasteiger partial charge in [0.25, 0.3) is 0 Å². The molecular formula is C78H152O17P2. The largest absolute Gasteiger partial charge is 0.472 e. The maximum absolute atomic E-state index is 13.1. The number of ether oxygens (including phenoxy) is 4. The number of carbonyl (C=O) groups is 4. The second kappa shape index (κ2) is 68.5. The summed E-state index contributed by atoms with van der Waals surface area (Å²) in [7, 11) is -9.91. The summed E-state index contributed by atoms with van der Waals surface area (Å²) in [5.41, 5.74) is 0. The van der Waals surface area contributed by atoms with Crippen LogP contribution in [0, 0.1) is 17.8 Å². The van der Waals surface area contributed by atoms with Crippen molar-refractivity contribution in [1.29, 1.82) is 0 Å². The van der Waals surface area contributed by atoms with Crippen molar-refractivity contribution in [3.63, 3.8) is 0 Å². The molecule has 0 fully saturated rings. The van der Waals surface area contributed by atoms with Crippen LogP contribution in [0.15, 0.2) is 0 Å². The number of hydrogen-bond donors (Lipinski definition) is 3. The number of hydrogen-bond acceptors (Lipinski definition) is 15. The molecule has 0 saturated heterocycles. The Morgan fingerprint density at radius 1 is 0.299 bits per heavy atom. The van der Waals surface area contributed by atoms with E-state index in [2.05, 4.69) is 48.5 Å². The van der Waals surface area contributed by atoms with Crippen LogP contribution < -0.4 is 0 Å². The number of phosphoric acid groups is 2. The molecule has 0 heterocycles. The summed E-state index contributed by atoms with van der Waals surface area (Å²) < 4.78 is 68.6. The van der Waals surface area contributed by atoms with E-state index in [1.54, 1.807) is 0 Å². The van der Waals surface area contributed by atoms with Crippen molar-refractivity contribution < 1.29 is 80.2 Å². The first-order chi connectivity index (χ1) is 46.8. The van der Waals surface area contributed by atoms with Crippen LogP contribution in [0.5, 0.6) is 0 Å². The fourth-order valence-electron chi connectivity index (χ4n) is 11.9. The highest BCUT2D eigenvalue weighted by Gasteiger charge is 2.30. The lowest BCUT2D eigenvalue weighted by Gasteiger charge is -2.21. The van der Waals surface area contributed by atoms with Crippen molar-refractivity contribution in [2.75, 3.05) is 39.6 Å². The molecular weight excluding hydrogens is 1270 g/mol. The highest BCUT2D eigenvalue weighted by molar-refractivity contribution is 7.47. The van der Waals surface area contributed by atoms with Gasteiger partial charge in [0.05, 0.1) is 26.4 Å². The van der Waals surface area contributed by atoms with E-state index in [1.807, 2.05) is 0 Å². The average molecular weight is 1420 g/mol. The monoisotopic (exact) mass is 1420 g/mol. The Kier molecular flexibility index (Phi) is 67.1. The highest BCUT2D eigenvalue weighted by Crippen LogP contribution is 2.45. The van der Waals surface area contributed by atoms with Gasteiger partial charge in [-0.15, -0.1) is 0 Å². The lowest BCUT2D eigenvalue weighted by molar-refractivity contribution is -0.161. The minimum absolute atomic E-state index is 0.104. The Labute approximate surface area is 594 Å². The van der Waals surface area contributed by atoms with Crippen molar-refractivity contribution in [3.8, 4) is 0 Å². The molecule has 0 aromatic carbocycles. The quantitative estimate of drug-likeness (QED) is 0.0222. The van der Waals surface area contributed by atoms with Crippen LogP contribution in [-0.4, -0.2) is 96.7 Å². The maximum atomic E-state index is 13.1. The molecule has 19 heteroatoms. The molecule has 0 amide bonds. The van der Waals surface area contributed by atoms with Gasteiger partial charge in [0.2, 0.25) is 0 Å². The van der Waals surface area contributed by atoms with Crippen LogP contribution in [0.2, 0.25) is 0 Å². The van der Waals surface area contributed by atoms with E-state index >= 15 is 0 Å². The van der Waals surface area contributed by atoms with Crippen molar-refractivity contribution in [2.45, 2.75) is 420 Å². The number of unbranched alkanes of at least 4 members (excludes halogenated alkanes) is 43. The van der Waals surface area contributed by atoms with Gasteiger partial charge in [0, 0.05) is 25.7 Å². The number of esters is 4. The SMILES string of the molecule is CCCCCCCCCCCCCCCCCCCCCCC(=O)O[C@H](COC(=O)CCCCCCCCCCCCCCCC(C)C)COP(=O)(O)OC[C@@H](O)COP(=O)(O)OC[C@@H](COC(=O)CCCCCCCCC(C)CC)OC(=O)CCCCCCCCCCC(C)C. The average Bonchev–Trinajstić information content (AvgIpc) is 1.34. The lowest BCUT2D eigenvalue weighted by Crippen LogP contribution is -2.30. The minimum Gasteiger partial charge on any atom is -0.462 e.